The van der Waals surface area contributed by atoms with Crippen molar-refractivity contribution in [1.82, 2.24) is 15.1 Å². The number of carbonyl (C=O) groups is 1. The van der Waals surface area contributed by atoms with E-state index in [9.17, 15) is 4.79 Å². The number of aliphatic imine (C=N–C) groups is 1. The highest BCUT2D eigenvalue weighted by atomic mass is 16.7. The van der Waals surface area contributed by atoms with Crippen LogP contribution < -0.4 is 14.8 Å². The maximum Gasteiger partial charge on any atom is 0.276 e. The van der Waals surface area contributed by atoms with Gasteiger partial charge in [0.15, 0.2) is 17.2 Å². The Morgan fingerprint density at radius 1 is 1.17 bits per heavy atom. The summed E-state index contributed by atoms with van der Waals surface area (Å²) in [5, 5.41) is 10.9. The molecule has 3 aromatic rings. The molecule has 1 amide bonds. The zero-order chi connectivity index (χ0) is 24.2. The van der Waals surface area contributed by atoms with Crippen LogP contribution in [0.15, 0.2) is 59.2 Å². The van der Waals surface area contributed by atoms with Gasteiger partial charge in [0.1, 0.15) is 0 Å². The van der Waals surface area contributed by atoms with Crippen LogP contribution in [-0.2, 0) is 0 Å². The predicted octanol–water partition coefficient (Wildman–Crippen LogP) is 5.02. The Morgan fingerprint density at radius 3 is 2.83 bits per heavy atom. The number of rotatable bonds is 7. The third-order valence-corrected chi connectivity index (χ3v) is 6.38. The number of aromatic nitrogens is 2. The highest BCUT2D eigenvalue weighted by molar-refractivity contribution is 6.11. The number of likely N-dealkylation sites (tertiary alicyclic amines) is 1. The van der Waals surface area contributed by atoms with Crippen LogP contribution in [0.5, 0.6) is 11.5 Å². The highest BCUT2D eigenvalue weighted by Crippen LogP contribution is 2.34. The molecule has 35 heavy (non-hydrogen) atoms. The molecule has 0 aliphatic carbocycles. The number of nitrogens with zero attached hydrogens (tertiary/aromatic N) is 3. The van der Waals surface area contributed by atoms with E-state index in [4.69, 9.17) is 9.47 Å². The fraction of sp³-hybridized carbons (Fsp3) is 0.296. The van der Waals surface area contributed by atoms with Crippen molar-refractivity contribution in [3.63, 3.8) is 0 Å². The smallest absolute Gasteiger partial charge is 0.276 e. The highest BCUT2D eigenvalue weighted by Gasteiger charge is 2.18. The van der Waals surface area contributed by atoms with E-state index in [-0.39, 0.29) is 12.7 Å². The van der Waals surface area contributed by atoms with Gasteiger partial charge in [-0.3, -0.25) is 19.8 Å². The van der Waals surface area contributed by atoms with E-state index in [1.54, 1.807) is 18.2 Å². The molecule has 8 heteroatoms. The van der Waals surface area contributed by atoms with Crippen molar-refractivity contribution in [2.45, 2.75) is 26.2 Å². The molecule has 0 bridgehead atoms. The number of fused-ring (bicyclic) bond motifs is 2. The number of nitrogens with one attached hydrogen (secondary N) is 2. The monoisotopic (exact) mass is 471 g/mol. The zero-order valence-corrected chi connectivity index (χ0v) is 19.8. The second-order valence-corrected chi connectivity index (χ2v) is 8.91. The summed E-state index contributed by atoms with van der Waals surface area (Å²) in [5.41, 5.74) is 4.98. The molecule has 1 aromatic heterocycles. The molecule has 0 spiro atoms. The number of hydrogen-bond donors (Lipinski definition) is 2. The van der Waals surface area contributed by atoms with Gasteiger partial charge in [0, 0.05) is 29.9 Å². The molecule has 0 atom stereocenters. The Balaban J connectivity index is 1.37. The largest absolute Gasteiger partial charge is 0.454 e. The molecule has 2 aromatic carbocycles. The molecule has 1 fully saturated rings. The van der Waals surface area contributed by atoms with Gasteiger partial charge in [-0.2, -0.15) is 5.10 Å². The van der Waals surface area contributed by atoms with Gasteiger partial charge in [0.25, 0.3) is 5.91 Å². The molecule has 1 saturated heterocycles. The van der Waals surface area contributed by atoms with Crippen molar-refractivity contribution >= 4 is 34.8 Å². The lowest BCUT2D eigenvalue weighted by Gasteiger charge is -2.26. The van der Waals surface area contributed by atoms with Crippen LogP contribution in [0.25, 0.3) is 16.5 Å². The van der Waals surface area contributed by atoms with Gasteiger partial charge in [-0.05, 0) is 80.5 Å². The molecule has 3 heterocycles. The fourth-order valence-corrected chi connectivity index (χ4v) is 4.58. The standard InChI is InChI=1S/C27H29N5O3/c1-18(12-19(15-28-2)16-32-10-4-3-5-11-32)20-6-8-23-22(13-20)26(31-30-23)27(33)29-21-7-9-24-25(14-21)35-17-34-24/h6-9,12-15H,2-5,10-11,16-17H2,1H3,(H,29,33)(H,30,31)/b18-12+,19-15+. The van der Waals surface area contributed by atoms with E-state index in [1.807, 2.05) is 24.4 Å². The lowest BCUT2D eigenvalue weighted by Crippen LogP contribution is -2.31. The summed E-state index contributed by atoms with van der Waals surface area (Å²) < 4.78 is 10.7. The summed E-state index contributed by atoms with van der Waals surface area (Å²) in [6.45, 7) is 8.99. The zero-order valence-electron chi connectivity index (χ0n) is 19.8. The second-order valence-electron chi connectivity index (χ2n) is 8.91. The van der Waals surface area contributed by atoms with E-state index in [2.05, 4.69) is 45.1 Å². The molecule has 0 saturated carbocycles. The number of aromatic amines is 1. The van der Waals surface area contributed by atoms with Crippen LogP contribution in [-0.4, -0.2) is 54.1 Å². The fourth-order valence-electron chi connectivity index (χ4n) is 4.58. The van der Waals surface area contributed by atoms with Crippen LogP contribution >= 0.6 is 0 Å². The number of anilines is 1. The minimum absolute atomic E-state index is 0.185. The van der Waals surface area contributed by atoms with E-state index >= 15 is 0 Å². The maximum absolute atomic E-state index is 13.0. The molecule has 8 nitrogen and oxygen atoms in total. The third-order valence-electron chi connectivity index (χ3n) is 6.38. The molecule has 0 unspecified atom stereocenters. The first-order chi connectivity index (χ1) is 17.1. The summed E-state index contributed by atoms with van der Waals surface area (Å²) in [7, 11) is 0. The Labute approximate surface area is 204 Å². The van der Waals surface area contributed by atoms with Gasteiger partial charge in [-0.25, -0.2) is 0 Å². The van der Waals surface area contributed by atoms with Crippen molar-refractivity contribution in [3.05, 3.63) is 65.5 Å². The summed E-state index contributed by atoms with van der Waals surface area (Å²) >= 11 is 0. The number of hydrogen-bond acceptors (Lipinski definition) is 6. The summed E-state index contributed by atoms with van der Waals surface area (Å²) in [4.78, 5) is 19.5. The van der Waals surface area contributed by atoms with Crippen LogP contribution in [0, 0.1) is 0 Å². The van der Waals surface area contributed by atoms with Crippen molar-refractivity contribution in [1.29, 1.82) is 0 Å². The summed E-state index contributed by atoms with van der Waals surface area (Å²) in [6, 6.07) is 11.3. The van der Waals surface area contributed by atoms with Crippen molar-refractivity contribution in [2.24, 2.45) is 4.99 Å². The Hall–Kier alpha value is -3.91. The number of allylic oxidation sites excluding steroid dienone is 1. The van der Waals surface area contributed by atoms with Crippen LogP contribution in [0.4, 0.5) is 5.69 Å². The number of amides is 1. The minimum Gasteiger partial charge on any atom is -0.454 e. The van der Waals surface area contributed by atoms with Gasteiger partial charge < -0.3 is 14.8 Å². The summed E-state index contributed by atoms with van der Waals surface area (Å²) in [5.74, 6) is 0.982. The molecule has 2 N–H and O–H groups in total. The van der Waals surface area contributed by atoms with Gasteiger partial charge in [-0.1, -0.05) is 18.6 Å². The number of ether oxygens (including phenoxy) is 2. The lowest BCUT2D eigenvalue weighted by molar-refractivity contribution is 0.102. The summed E-state index contributed by atoms with van der Waals surface area (Å²) in [6.07, 6.45) is 7.77. The Bertz CT molecular complexity index is 1320. The van der Waals surface area contributed by atoms with Crippen LogP contribution in [0.1, 0.15) is 42.2 Å². The first kappa shape index (κ1) is 22.9. The van der Waals surface area contributed by atoms with Crippen LogP contribution in [0.3, 0.4) is 0 Å². The second kappa shape index (κ2) is 10.1. The molecule has 180 valence electrons. The maximum atomic E-state index is 13.0. The van der Waals surface area contributed by atoms with Crippen LogP contribution in [0.2, 0.25) is 0 Å². The number of H-pyrrole nitrogens is 1. The van der Waals surface area contributed by atoms with E-state index in [0.717, 1.165) is 47.2 Å². The van der Waals surface area contributed by atoms with E-state index < -0.39 is 0 Å². The topological polar surface area (TPSA) is 91.8 Å². The number of piperidine rings is 1. The van der Waals surface area contributed by atoms with E-state index in [1.165, 1.54) is 19.3 Å². The quantitative estimate of drug-likeness (QED) is 0.373. The molecular weight excluding hydrogens is 442 g/mol. The molecule has 2 aliphatic rings. The normalized spacial score (nSPS) is 16.5. The van der Waals surface area contributed by atoms with Gasteiger partial charge in [0.05, 0.1) is 5.52 Å². The minimum atomic E-state index is -0.296. The SMILES string of the molecule is C=N/C=C(\C=C(/C)c1ccc2[nH]nc(C(=O)Nc3ccc4c(c3)OCO4)c2c1)CN1CCCCC1. The predicted molar refractivity (Wildman–Crippen MR) is 138 cm³/mol. The first-order valence-electron chi connectivity index (χ1n) is 11.9. The average Bonchev–Trinajstić information content (AvgIpc) is 3.51. The Kier molecular flexibility index (Phi) is 6.63. The van der Waals surface area contributed by atoms with E-state index in [0.29, 0.717) is 22.9 Å². The lowest BCUT2D eigenvalue weighted by atomic mass is 10.0. The Morgan fingerprint density at radius 2 is 2.00 bits per heavy atom. The van der Waals surface area contributed by atoms with Gasteiger partial charge in [-0.15, -0.1) is 0 Å². The molecule has 0 radical (unpaired) electrons. The van der Waals surface area contributed by atoms with Crippen molar-refractivity contribution < 1.29 is 14.3 Å². The molecule has 2 aliphatic heterocycles. The average molecular weight is 472 g/mol. The first-order valence-corrected chi connectivity index (χ1v) is 11.9. The molecule has 5 rings (SSSR count). The third kappa shape index (κ3) is 5.12. The number of benzene rings is 2. The molecular formula is C27H29N5O3. The van der Waals surface area contributed by atoms with Gasteiger partial charge in [0.2, 0.25) is 6.79 Å². The van der Waals surface area contributed by atoms with Crippen molar-refractivity contribution in [3.8, 4) is 11.5 Å². The number of carbonyl (C=O) groups excluding carboxylic acids is 1. The van der Waals surface area contributed by atoms with Crippen molar-refractivity contribution in [2.75, 3.05) is 31.7 Å². The van der Waals surface area contributed by atoms with Gasteiger partial charge >= 0.3 is 0 Å².